The third-order valence-corrected chi connectivity index (χ3v) is 11.2. The zero-order chi connectivity index (χ0) is 30.6. The van der Waals surface area contributed by atoms with Gasteiger partial charge in [0.1, 0.15) is 0 Å². The summed E-state index contributed by atoms with van der Waals surface area (Å²) in [5, 5.41) is 26.9. The third-order valence-electron chi connectivity index (χ3n) is 9.67. The van der Waals surface area contributed by atoms with Gasteiger partial charge in [0, 0.05) is 51.3 Å². The van der Waals surface area contributed by atoms with Crippen molar-refractivity contribution in [1.29, 1.82) is 0 Å². The highest BCUT2D eigenvalue weighted by Crippen LogP contribution is 2.50. The standard InChI is InChI=1S/C34H40N4O4S/c1-6-20-17(2)24-13-25-18(3)21(7-9-32(39)40)27(35-25)15-28-22(8-10-33(41)42)19(4)26(36-28)14-30-23-11-12-43-34(23,5)31(38-30)16-29(20)37-24/h13-16,31,35-38H,6-12H2,1-5H3,(H,39,40)(H,41,42)/b24-13-,26-14-,28-15-,29-16-. The van der Waals surface area contributed by atoms with E-state index in [4.69, 9.17) is 0 Å². The van der Waals surface area contributed by atoms with Crippen LogP contribution >= 0.6 is 11.8 Å². The van der Waals surface area contributed by atoms with Crippen LogP contribution in [0.25, 0.3) is 24.3 Å². The van der Waals surface area contributed by atoms with Crippen LogP contribution in [0.2, 0.25) is 0 Å². The Balaban J connectivity index is 1.68. The van der Waals surface area contributed by atoms with Gasteiger partial charge in [-0.15, -0.1) is 11.8 Å². The maximum absolute atomic E-state index is 11.6. The summed E-state index contributed by atoms with van der Waals surface area (Å²) in [7, 11) is 0. The van der Waals surface area contributed by atoms with Gasteiger partial charge in [-0.1, -0.05) is 6.92 Å². The maximum Gasteiger partial charge on any atom is 0.303 e. The first-order valence-corrected chi connectivity index (χ1v) is 16.1. The van der Waals surface area contributed by atoms with Crippen molar-refractivity contribution in [2.45, 2.75) is 83.9 Å². The summed E-state index contributed by atoms with van der Waals surface area (Å²) in [5.41, 5.74) is 10.8. The Kier molecular flexibility index (Phi) is 7.49. The molecule has 0 aliphatic carbocycles. The smallest absolute Gasteiger partial charge is 0.303 e. The number of aromatic nitrogens is 3. The number of nitrogens with one attached hydrogen (secondary N) is 4. The molecule has 2 unspecified atom stereocenters. The van der Waals surface area contributed by atoms with Crippen LogP contribution in [-0.2, 0) is 28.9 Å². The highest BCUT2D eigenvalue weighted by Gasteiger charge is 2.47. The van der Waals surface area contributed by atoms with Gasteiger partial charge >= 0.3 is 11.9 Å². The Labute approximate surface area is 254 Å². The summed E-state index contributed by atoms with van der Waals surface area (Å²) in [6, 6.07) is 0.111. The molecule has 226 valence electrons. The van der Waals surface area contributed by atoms with E-state index in [2.05, 4.69) is 66.2 Å². The summed E-state index contributed by atoms with van der Waals surface area (Å²) < 4.78 is -0.0567. The molecular weight excluding hydrogens is 560 g/mol. The second kappa shape index (κ2) is 11.0. The number of hydrogen-bond acceptors (Lipinski definition) is 4. The van der Waals surface area contributed by atoms with Crippen molar-refractivity contribution in [2.75, 3.05) is 5.75 Å². The molecule has 1 saturated heterocycles. The zero-order valence-corrected chi connectivity index (χ0v) is 26.3. The van der Waals surface area contributed by atoms with Crippen LogP contribution in [0.4, 0.5) is 0 Å². The van der Waals surface area contributed by atoms with Gasteiger partial charge in [-0.2, -0.15) is 0 Å². The number of carboxylic acid groups (broad SMARTS) is 2. The molecule has 2 atom stereocenters. The molecule has 3 aromatic heterocycles. The highest BCUT2D eigenvalue weighted by atomic mass is 32.2. The summed E-state index contributed by atoms with van der Waals surface area (Å²) in [4.78, 5) is 34.1. The third kappa shape index (κ3) is 5.07. The molecule has 6 N–H and O–H groups in total. The molecule has 0 saturated carbocycles. The largest absolute Gasteiger partial charge is 0.481 e. The fraction of sp³-hybridized carbons (Fsp3) is 0.412. The number of allylic oxidation sites excluding steroid dienone is 1. The Hall–Kier alpha value is -3.85. The van der Waals surface area contributed by atoms with E-state index in [1.807, 2.05) is 24.8 Å². The first-order chi connectivity index (χ1) is 20.5. The molecule has 0 aromatic carbocycles. The second-order valence-electron chi connectivity index (χ2n) is 12.1. The number of carboxylic acids is 2. The first kappa shape index (κ1) is 29.2. The van der Waals surface area contributed by atoms with E-state index >= 15 is 0 Å². The number of thioether (sulfide) groups is 1. The van der Waals surface area contributed by atoms with Crippen LogP contribution < -0.4 is 26.7 Å². The molecule has 3 aromatic rings. The van der Waals surface area contributed by atoms with Crippen molar-refractivity contribution in [3.63, 3.8) is 0 Å². The Bertz CT molecular complexity index is 1940. The molecular formula is C34H40N4O4S. The van der Waals surface area contributed by atoms with Gasteiger partial charge < -0.3 is 30.5 Å². The minimum absolute atomic E-state index is 0.0228. The van der Waals surface area contributed by atoms with Crippen LogP contribution in [0.3, 0.4) is 0 Å². The number of carbonyl (C=O) groups is 2. The van der Waals surface area contributed by atoms with E-state index in [1.165, 1.54) is 16.7 Å². The van der Waals surface area contributed by atoms with Crippen molar-refractivity contribution in [3.8, 4) is 0 Å². The van der Waals surface area contributed by atoms with Gasteiger partial charge in [-0.25, -0.2) is 0 Å². The lowest BCUT2D eigenvalue weighted by Crippen LogP contribution is -2.39. The van der Waals surface area contributed by atoms with Crippen LogP contribution in [0.5, 0.6) is 0 Å². The Morgan fingerprint density at radius 3 is 2.16 bits per heavy atom. The SMILES string of the molecule is CCc1c(C)/c2[nH]/c1=C\C1NC(=C3CCSC31C)/C=c1\[nH]/c(c(CCC(=O)O)c1C)=C\c1[nH]c(c(C)c1CCC(=O)O)\C=2. The summed E-state index contributed by atoms with van der Waals surface area (Å²) in [6.45, 7) is 10.8. The Morgan fingerprint density at radius 2 is 1.47 bits per heavy atom. The van der Waals surface area contributed by atoms with Gasteiger partial charge in [0.05, 0.1) is 10.8 Å². The molecule has 6 rings (SSSR count). The van der Waals surface area contributed by atoms with Gasteiger partial charge in [0.2, 0.25) is 0 Å². The average molecular weight is 601 g/mol. The van der Waals surface area contributed by atoms with E-state index in [9.17, 15) is 19.8 Å². The van der Waals surface area contributed by atoms with Gasteiger partial charge in [-0.05, 0) is 122 Å². The monoisotopic (exact) mass is 600 g/mol. The molecule has 0 radical (unpaired) electrons. The molecule has 0 amide bonds. The van der Waals surface area contributed by atoms with Crippen LogP contribution in [0, 0.1) is 20.8 Å². The number of aliphatic carboxylic acids is 2. The van der Waals surface area contributed by atoms with E-state index in [0.717, 1.165) is 79.3 Å². The average Bonchev–Trinajstić information content (AvgIpc) is 3.69. The minimum atomic E-state index is -0.840. The lowest BCUT2D eigenvalue weighted by atomic mass is 9.93. The predicted octanol–water partition coefficient (Wildman–Crippen LogP) is 2.55. The summed E-state index contributed by atoms with van der Waals surface area (Å²) in [5.74, 6) is -0.596. The zero-order valence-electron chi connectivity index (χ0n) is 25.5. The van der Waals surface area contributed by atoms with Crippen molar-refractivity contribution >= 4 is 48.0 Å². The number of H-pyrrole nitrogens is 3. The van der Waals surface area contributed by atoms with Gasteiger partial charge in [0.15, 0.2) is 0 Å². The van der Waals surface area contributed by atoms with Crippen molar-refractivity contribution in [1.82, 2.24) is 20.3 Å². The molecule has 8 nitrogen and oxygen atoms in total. The minimum Gasteiger partial charge on any atom is -0.481 e. The van der Waals surface area contributed by atoms with Crippen LogP contribution in [-0.4, -0.2) is 53.6 Å². The fourth-order valence-electron chi connectivity index (χ4n) is 7.12. The van der Waals surface area contributed by atoms with Gasteiger partial charge in [-0.3, -0.25) is 9.59 Å². The lowest BCUT2D eigenvalue weighted by Gasteiger charge is -2.26. The van der Waals surface area contributed by atoms with E-state index in [0.29, 0.717) is 12.8 Å². The van der Waals surface area contributed by atoms with E-state index in [1.54, 1.807) is 0 Å². The fourth-order valence-corrected chi connectivity index (χ4v) is 8.55. The molecule has 3 aliphatic heterocycles. The number of rotatable bonds is 7. The number of aromatic amines is 3. The predicted molar refractivity (Wildman–Crippen MR) is 172 cm³/mol. The molecule has 9 heteroatoms. The van der Waals surface area contributed by atoms with Crippen molar-refractivity contribution in [2.24, 2.45) is 0 Å². The molecule has 8 bridgehead atoms. The van der Waals surface area contributed by atoms with E-state index in [-0.39, 0.29) is 23.6 Å². The summed E-state index contributed by atoms with van der Waals surface area (Å²) in [6.07, 6.45) is 11.5. The first-order valence-electron chi connectivity index (χ1n) is 15.1. The van der Waals surface area contributed by atoms with Crippen LogP contribution in [0.15, 0.2) is 11.3 Å². The quantitative estimate of drug-likeness (QED) is 0.247. The molecule has 6 heterocycles. The lowest BCUT2D eigenvalue weighted by molar-refractivity contribution is -0.138. The second-order valence-corrected chi connectivity index (χ2v) is 13.7. The highest BCUT2D eigenvalue weighted by molar-refractivity contribution is 8.01. The van der Waals surface area contributed by atoms with Crippen molar-refractivity contribution < 1.29 is 19.8 Å². The number of fused-ring (bicyclic) bond motifs is 10. The molecule has 0 spiro atoms. The van der Waals surface area contributed by atoms with Crippen molar-refractivity contribution in [3.05, 3.63) is 77.4 Å². The normalized spacial score (nSPS) is 23.7. The molecule has 43 heavy (non-hydrogen) atoms. The maximum atomic E-state index is 11.6. The molecule has 1 fully saturated rings. The summed E-state index contributed by atoms with van der Waals surface area (Å²) >= 11 is 2.01. The van der Waals surface area contributed by atoms with Gasteiger partial charge in [0.25, 0.3) is 0 Å². The van der Waals surface area contributed by atoms with Crippen LogP contribution in [0.1, 0.15) is 77.9 Å². The topological polar surface area (TPSA) is 134 Å². The number of hydrogen-bond donors (Lipinski definition) is 6. The molecule has 3 aliphatic rings. The Morgan fingerprint density at radius 1 is 0.837 bits per heavy atom. The van der Waals surface area contributed by atoms with E-state index < -0.39 is 11.9 Å².